The monoisotopic (exact) mass is 415 g/mol. The van der Waals surface area contributed by atoms with Crippen molar-refractivity contribution >= 4 is 49.9 Å². The highest BCUT2D eigenvalue weighted by molar-refractivity contribution is 9.10. The van der Waals surface area contributed by atoms with Crippen molar-refractivity contribution in [1.29, 1.82) is 0 Å². The minimum absolute atomic E-state index is 0.0127. The van der Waals surface area contributed by atoms with Gasteiger partial charge in [-0.2, -0.15) is 0 Å². The molecule has 1 aromatic carbocycles. The Labute approximate surface area is 158 Å². The van der Waals surface area contributed by atoms with Crippen molar-refractivity contribution in [3.05, 3.63) is 69.6 Å². The van der Waals surface area contributed by atoms with Crippen molar-refractivity contribution in [3.8, 4) is 0 Å². The molecule has 6 heteroatoms. The third-order valence-corrected chi connectivity index (χ3v) is 5.16. The van der Waals surface area contributed by atoms with Gasteiger partial charge in [0.1, 0.15) is 5.15 Å². The third-order valence-electron chi connectivity index (χ3n) is 4.46. The average Bonchev–Trinajstić information content (AvgIpc) is 3.04. The number of pyridine rings is 1. The van der Waals surface area contributed by atoms with Crippen LogP contribution in [0.2, 0.25) is 5.15 Å². The van der Waals surface area contributed by atoms with Gasteiger partial charge in [-0.05, 0) is 42.3 Å². The van der Waals surface area contributed by atoms with Gasteiger partial charge in [0.05, 0.1) is 0 Å². The predicted molar refractivity (Wildman–Crippen MR) is 104 cm³/mol. The zero-order chi connectivity index (χ0) is 17.4. The number of hydrogen-bond acceptors (Lipinski definition) is 2. The maximum Gasteiger partial charge on any atom is 0.254 e. The van der Waals surface area contributed by atoms with Crippen LogP contribution >= 0.6 is 27.5 Å². The number of hydrogen-bond donors (Lipinski definition) is 1. The van der Waals surface area contributed by atoms with E-state index in [9.17, 15) is 4.79 Å². The second kappa shape index (κ2) is 6.65. The van der Waals surface area contributed by atoms with Gasteiger partial charge >= 0.3 is 0 Å². The van der Waals surface area contributed by atoms with Gasteiger partial charge in [-0.25, -0.2) is 4.98 Å². The fraction of sp³-hybridized carbons (Fsp3) is 0.158. The zero-order valence-electron chi connectivity index (χ0n) is 13.3. The molecule has 0 unspecified atom stereocenters. The van der Waals surface area contributed by atoms with Crippen molar-refractivity contribution in [3.63, 3.8) is 0 Å². The third kappa shape index (κ3) is 3.22. The van der Waals surface area contributed by atoms with Crippen LogP contribution in [0.5, 0.6) is 0 Å². The molecule has 1 N–H and O–H groups in total. The Morgan fingerprint density at radius 1 is 1.28 bits per heavy atom. The number of fused-ring (bicyclic) bond motifs is 1. The minimum atomic E-state index is -0.0127. The lowest BCUT2D eigenvalue weighted by Crippen LogP contribution is -2.34. The summed E-state index contributed by atoms with van der Waals surface area (Å²) < 4.78 is 1.06. The summed E-state index contributed by atoms with van der Waals surface area (Å²) in [4.78, 5) is 21.7. The van der Waals surface area contributed by atoms with Crippen LogP contribution in [0.15, 0.2) is 53.3 Å². The molecule has 0 spiro atoms. The van der Waals surface area contributed by atoms with E-state index in [0.717, 1.165) is 16.4 Å². The standard InChI is InChI=1S/C19H15BrClN3O/c20-14-1-2-17-15(10-14)16(11-23-17)12-4-7-24(8-5-12)19(25)13-3-6-22-18(21)9-13/h1-4,6,9-11,23H,5,7-8H2. The molecule has 3 heterocycles. The van der Waals surface area contributed by atoms with Gasteiger partial charge in [0.25, 0.3) is 5.91 Å². The van der Waals surface area contributed by atoms with E-state index in [-0.39, 0.29) is 5.91 Å². The summed E-state index contributed by atoms with van der Waals surface area (Å²) in [6, 6.07) is 9.52. The van der Waals surface area contributed by atoms with E-state index in [4.69, 9.17) is 11.6 Å². The summed E-state index contributed by atoms with van der Waals surface area (Å²) in [5.74, 6) is -0.0127. The maximum absolute atomic E-state index is 12.6. The molecular weight excluding hydrogens is 402 g/mol. The number of amides is 1. The molecule has 3 aromatic rings. The largest absolute Gasteiger partial charge is 0.361 e. The summed E-state index contributed by atoms with van der Waals surface area (Å²) in [6.45, 7) is 1.28. The van der Waals surface area contributed by atoms with Gasteiger partial charge in [-0.1, -0.05) is 33.6 Å². The van der Waals surface area contributed by atoms with E-state index in [1.54, 1.807) is 18.3 Å². The summed E-state index contributed by atoms with van der Waals surface area (Å²) in [6.07, 6.45) is 6.56. The van der Waals surface area contributed by atoms with Gasteiger partial charge in [-0.15, -0.1) is 0 Å². The van der Waals surface area contributed by atoms with E-state index < -0.39 is 0 Å². The second-order valence-electron chi connectivity index (χ2n) is 5.99. The molecule has 0 bridgehead atoms. The van der Waals surface area contributed by atoms with Crippen LogP contribution in [-0.4, -0.2) is 33.9 Å². The maximum atomic E-state index is 12.6. The number of nitrogens with one attached hydrogen (secondary N) is 1. The van der Waals surface area contributed by atoms with Crippen molar-refractivity contribution < 1.29 is 4.79 Å². The molecule has 1 aliphatic rings. The van der Waals surface area contributed by atoms with E-state index in [1.807, 2.05) is 17.2 Å². The van der Waals surface area contributed by atoms with Crippen LogP contribution in [0.25, 0.3) is 16.5 Å². The molecular formula is C19H15BrClN3O. The van der Waals surface area contributed by atoms with Crippen LogP contribution in [-0.2, 0) is 0 Å². The number of aromatic amines is 1. The highest BCUT2D eigenvalue weighted by atomic mass is 79.9. The van der Waals surface area contributed by atoms with Gasteiger partial charge in [0, 0.05) is 52.0 Å². The van der Waals surface area contributed by atoms with E-state index in [0.29, 0.717) is 23.8 Å². The molecule has 0 saturated carbocycles. The van der Waals surface area contributed by atoms with Crippen LogP contribution in [0.3, 0.4) is 0 Å². The fourth-order valence-corrected chi connectivity index (χ4v) is 3.71. The Morgan fingerprint density at radius 3 is 2.92 bits per heavy atom. The Bertz CT molecular complexity index is 995. The van der Waals surface area contributed by atoms with Crippen LogP contribution < -0.4 is 0 Å². The molecule has 1 aliphatic heterocycles. The number of aromatic nitrogens is 2. The summed E-state index contributed by atoms with van der Waals surface area (Å²) in [7, 11) is 0. The molecule has 4 nitrogen and oxygen atoms in total. The Morgan fingerprint density at radius 2 is 2.16 bits per heavy atom. The summed E-state index contributed by atoms with van der Waals surface area (Å²) in [5, 5.41) is 1.53. The number of H-pyrrole nitrogens is 1. The van der Waals surface area contributed by atoms with Crippen LogP contribution in [0.4, 0.5) is 0 Å². The van der Waals surface area contributed by atoms with Gasteiger partial charge in [0.15, 0.2) is 0 Å². The molecule has 2 aromatic heterocycles. The van der Waals surface area contributed by atoms with E-state index >= 15 is 0 Å². The van der Waals surface area contributed by atoms with Crippen molar-refractivity contribution in [1.82, 2.24) is 14.9 Å². The lowest BCUT2D eigenvalue weighted by atomic mass is 9.98. The van der Waals surface area contributed by atoms with Gasteiger partial charge < -0.3 is 9.88 Å². The summed E-state index contributed by atoms with van der Waals surface area (Å²) >= 11 is 9.42. The molecule has 4 rings (SSSR count). The number of benzene rings is 1. The fourth-order valence-electron chi connectivity index (χ4n) is 3.17. The first-order valence-corrected chi connectivity index (χ1v) is 9.16. The Kier molecular flexibility index (Phi) is 4.36. The summed E-state index contributed by atoms with van der Waals surface area (Å²) in [5.41, 5.74) is 4.16. The number of halogens is 2. The molecule has 126 valence electrons. The molecule has 0 aliphatic carbocycles. The minimum Gasteiger partial charge on any atom is -0.361 e. The lowest BCUT2D eigenvalue weighted by molar-refractivity contribution is 0.0773. The number of carbonyl (C=O) groups is 1. The van der Waals surface area contributed by atoms with E-state index in [1.165, 1.54) is 16.5 Å². The average molecular weight is 417 g/mol. The Balaban J connectivity index is 1.57. The van der Waals surface area contributed by atoms with E-state index in [2.05, 4.69) is 44.1 Å². The van der Waals surface area contributed by atoms with Crippen molar-refractivity contribution in [2.75, 3.05) is 13.1 Å². The first kappa shape index (κ1) is 16.4. The van der Waals surface area contributed by atoms with Gasteiger partial charge in [-0.3, -0.25) is 4.79 Å². The van der Waals surface area contributed by atoms with Gasteiger partial charge in [0.2, 0.25) is 0 Å². The van der Waals surface area contributed by atoms with Crippen molar-refractivity contribution in [2.24, 2.45) is 0 Å². The highest BCUT2D eigenvalue weighted by Gasteiger charge is 2.20. The molecule has 0 fully saturated rings. The van der Waals surface area contributed by atoms with Crippen LogP contribution in [0.1, 0.15) is 22.3 Å². The van der Waals surface area contributed by atoms with Crippen molar-refractivity contribution in [2.45, 2.75) is 6.42 Å². The topological polar surface area (TPSA) is 49.0 Å². The highest BCUT2D eigenvalue weighted by Crippen LogP contribution is 2.31. The first-order chi connectivity index (χ1) is 12.1. The Hall–Kier alpha value is -2.11. The second-order valence-corrected chi connectivity index (χ2v) is 7.29. The zero-order valence-corrected chi connectivity index (χ0v) is 15.6. The lowest BCUT2D eigenvalue weighted by Gasteiger charge is -2.26. The molecule has 0 atom stereocenters. The first-order valence-electron chi connectivity index (χ1n) is 7.99. The SMILES string of the molecule is O=C(c1ccnc(Cl)c1)N1CC=C(c2c[nH]c3ccc(Br)cc23)CC1. The normalized spacial score (nSPS) is 14.6. The molecule has 0 radical (unpaired) electrons. The molecule has 0 saturated heterocycles. The van der Waals surface area contributed by atoms with Crippen LogP contribution in [0, 0.1) is 0 Å². The quantitative estimate of drug-likeness (QED) is 0.604. The smallest absolute Gasteiger partial charge is 0.254 e. The number of rotatable bonds is 2. The predicted octanol–water partition coefficient (Wildman–Crippen LogP) is 4.91. The molecule has 25 heavy (non-hydrogen) atoms. The number of carbonyl (C=O) groups excluding carboxylic acids is 1. The number of nitrogens with zero attached hydrogens (tertiary/aromatic N) is 2. The molecule has 1 amide bonds.